The van der Waals surface area contributed by atoms with Gasteiger partial charge < -0.3 is 19.5 Å². The topological polar surface area (TPSA) is 56.8 Å². The molecule has 1 aromatic rings. The van der Waals surface area contributed by atoms with Crippen LogP contribution in [0.3, 0.4) is 0 Å². The van der Waals surface area contributed by atoms with E-state index in [1.165, 1.54) is 0 Å². The van der Waals surface area contributed by atoms with Gasteiger partial charge in [0.25, 0.3) is 0 Å². The molecule has 0 fully saturated rings. The van der Waals surface area contributed by atoms with E-state index in [1.807, 2.05) is 31.2 Å². The second-order valence-corrected chi connectivity index (χ2v) is 4.17. The van der Waals surface area contributed by atoms with Crippen LogP contribution in [0, 0.1) is 0 Å². The third-order valence-corrected chi connectivity index (χ3v) is 2.58. The molecule has 0 aromatic heterocycles. The van der Waals surface area contributed by atoms with Crippen molar-refractivity contribution in [1.82, 2.24) is 5.32 Å². The van der Waals surface area contributed by atoms with Crippen molar-refractivity contribution in [3.8, 4) is 11.5 Å². The molecule has 0 spiro atoms. The Bertz CT molecular complexity index is 395. The van der Waals surface area contributed by atoms with Crippen LogP contribution >= 0.6 is 0 Å². The maximum atomic E-state index is 11.5. The van der Waals surface area contributed by atoms with E-state index in [1.54, 1.807) is 7.11 Å². The molecule has 0 aliphatic carbocycles. The summed E-state index contributed by atoms with van der Waals surface area (Å²) < 4.78 is 16.0. The van der Waals surface area contributed by atoms with Gasteiger partial charge in [0.1, 0.15) is 0 Å². The van der Waals surface area contributed by atoms with Crippen LogP contribution in [0.15, 0.2) is 24.3 Å². The Morgan fingerprint density at radius 1 is 1.15 bits per heavy atom. The summed E-state index contributed by atoms with van der Waals surface area (Å²) in [5.41, 5.74) is 0. The highest BCUT2D eigenvalue weighted by molar-refractivity contribution is 5.75. The fraction of sp³-hybridized carbons (Fsp3) is 0.533. The van der Waals surface area contributed by atoms with Gasteiger partial charge in [0.15, 0.2) is 11.5 Å². The van der Waals surface area contributed by atoms with E-state index >= 15 is 0 Å². The second-order valence-electron chi connectivity index (χ2n) is 4.17. The normalized spacial score (nSPS) is 10.1. The number of hydrogen-bond donors (Lipinski definition) is 1. The minimum atomic E-state index is 0.0174. The summed E-state index contributed by atoms with van der Waals surface area (Å²) in [7, 11) is 1.61. The fourth-order valence-electron chi connectivity index (χ4n) is 1.64. The van der Waals surface area contributed by atoms with Crippen molar-refractivity contribution in [2.75, 3.05) is 33.5 Å². The summed E-state index contributed by atoms with van der Waals surface area (Å²) in [5, 5.41) is 2.77. The van der Waals surface area contributed by atoms with Crippen molar-refractivity contribution >= 4 is 5.91 Å². The van der Waals surface area contributed by atoms with E-state index in [4.69, 9.17) is 14.2 Å². The first kappa shape index (κ1) is 16.3. The van der Waals surface area contributed by atoms with Crippen LogP contribution in [0.4, 0.5) is 0 Å². The number of amides is 1. The van der Waals surface area contributed by atoms with E-state index in [-0.39, 0.29) is 5.91 Å². The minimum absolute atomic E-state index is 0.0174. The van der Waals surface area contributed by atoms with Crippen molar-refractivity contribution in [3.63, 3.8) is 0 Å². The maximum absolute atomic E-state index is 11.5. The lowest BCUT2D eigenvalue weighted by Crippen LogP contribution is -2.26. The van der Waals surface area contributed by atoms with Crippen molar-refractivity contribution in [3.05, 3.63) is 24.3 Å². The Balaban J connectivity index is 2.22. The van der Waals surface area contributed by atoms with Gasteiger partial charge in [0.2, 0.25) is 5.91 Å². The number of nitrogens with one attached hydrogen (secondary N) is 1. The average molecular weight is 281 g/mol. The quantitative estimate of drug-likeness (QED) is 0.667. The van der Waals surface area contributed by atoms with E-state index in [2.05, 4.69) is 5.32 Å². The van der Waals surface area contributed by atoms with Crippen LogP contribution in [-0.4, -0.2) is 39.4 Å². The van der Waals surface area contributed by atoms with Gasteiger partial charge >= 0.3 is 0 Å². The molecule has 0 bridgehead atoms. The van der Waals surface area contributed by atoms with Crippen molar-refractivity contribution < 1.29 is 19.0 Å². The molecular weight excluding hydrogens is 258 g/mol. The standard InChI is InChI=1S/C15H23NO4/c1-3-19-13-7-4-5-8-14(13)20-11-6-9-15(17)16-10-12-18-2/h4-5,7-8H,3,6,9-12H2,1-2H3,(H,16,17). The van der Waals surface area contributed by atoms with Crippen LogP contribution < -0.4 is 14.8 Å². The molecule has 5 nitrogen and oxygen atoms in total. The van der Waals surface area contributed by atoms with Gasteiger partial charge in [-0.15, -0.1) is 0 Å². The van der Waals surface area contributed by atoms with Gasteiger partial charge in [-0.25, -0.2) is 0 Å². The lowest BCUT2D eigenvalue weighted by Gasteiger charge is -2.11. The Morgan fingerprint density at radius 2 is 1.85 bits per heavy atom. The molecule has 0 saturated heterocycles. The largest absolute Gasteiger partial charge is 0.490 e. The number of benzene rings is 1. The van der Waals surface area contributed by atoms with Gasteiger partial charge in [-0.2, -0.15) is 0 Å². The summed E-state index contributed by atoms with van der Waals surface area (Å²) in [6, 6.07) is 7.54. The molecule has 0 atom stereocenters. The Hall–Kier alpha value is -1.75. The second kappa shape index (κ2) is 10.1. The number of rotatable bonds is 10. The number of ether oxygens (including phenoxy) is 3. The zero-order chi connectivity index (χ0) is 14.6. The van der Waals surface area contributed by atoms with Gasteiger partial charge in [-0.05, 0) is 25.5 Å². The number of hydrogen-bond acceptors (Lipinski definition) is 4. The third kappa shape index (κ3) is 6.43. The third-order valence-electron chi connectivity index (χ3n) is 2.58. The first-order chi connectivity index (χ1) is 9.77. The number of para-hydroxylation sites is 2. The molecule has 5 heteroatoms. The van der Waals surface area contributed by atoms with E-state index in [9.17, 15) is 4.79 Å². The fourth-order valence-corrected chi connectivity index (χ4v) is 1.64. The molecule has 112 valence electrons. The lowest BCUT2D eigenvalue weighted by atomic mass is 10.3. The van der Waals surface area contributed by atoms with Crippen molar-refractivity contribution in [2.24, 2.45) is 0 Å². The van der Waals surface area contributed by atoms with Crippen LogP contribution in [0.5, 0.6) is 11.5 Å². The molecule has 0 saturated carbocycles. The first-order valence-electron chi connectivity index (χ1n) is 6.88. The molecule has 0 unspecified atom stereocenters. The molecule has 20 heavy (non-hydrogen) atoms. The molecule has 0 heterocycles. The number of methoxy groups -OCH3 is 1. The lowest BCUT2D eigenvalue weighted by molar-refractivity contribution is -0.121. The number of carbonyl (C=O) groups is 1. The van der Waals surface area contributed by atoms with Crippen LogP contribution in [0.1, 0.15) is 19.8 Å². The van der Waals surface area contributed by atoms with E-state index < -0.39 is 0 Å². The van der Waals surface area contributed by atoms with E-state index in [0.717, 1.165) is 5.75 Å². The van der Waals surface area contributed by atoms with E-state index in [0.29, 0.717) is 45.0 Å². The maximum Gasteiger partial charge on any atom is 0.220 e. The van der Waals surface area contributed by atoms with Crippen molar-refractivity contribution in [2.45, 2.75) is 19.8 Å². The smallest absolute Gasteiger partial charge is 0.220 e. The Morgan fingerprint density at radius 3 is 2.50 bits per heavy atom. The van der Waals surface area contributed by atoms with Crippen LogP contribution in [0.25, 0.3) is 0 Å². The Kier molecular flexibility index (Phi) is 8.22. The van der Waals surface area contributed by atoms with Gasteiger partial charge in [-0.3, -0.25) is 4.79 Å². The molecule has 1 amide bonds. The highest BCUT2D eigenvalue weighted by Crippen LogP contribution is 2.26. The minimum Gasteiger partial charge on any atom is -0.490 e. The van der Waals surface area contributed by atoms with Crippen molar-refractivity contribution in [1.29, 1.82) is 0 Å². The Labute approximate surface area is 120 Å². The summed E-state index contributed by atoms with van der Waals surface area (Å²) in [6.07, 6.45) is 1.11. The average Bonchev–Trinajstić information content (AvgIpc) is 2.46. The predicted molar refractivity (Wildman–Crippen MR) is 77.2 cm³/mol. The van der Waals surface area contributed by atoms with Crippen LogP contribution in [-0.2, 0) is 9.53 Å². The van der Waals surface area contributed by atoms with Gasteiger partial charge in [0.05, 0.1) is 19.8 Å². The molecular formula is C15H23NO4. The summed E-state index contributed by atoms with van der Waals surface area (Å²) in [4.78, 5) is 11.5. The first-order valence-corrected chi connectivity index (χ1v) is 6.88. The highest BCUT2D eigenvalue weighted by Gasteiger charge is 2.04. The predicted octanol–water partition coefficient (Wildman–Crippen LogP) is 2.01. The monoisotopic (exact) mass is 281 g/mol. The van der Waals surface area contributed by atoms with Crippen LogP contribution in [0.2, 0.25) is 0 Å². The SMILES string of the molecule is CCOc1ccccc1OCCCC(=O)NCCOC. The van der Waals surface area contributed by atoms with Gasteiger partial charge in [-0.1, -0.05) is 12.1 Å². The molecule has 0 aliphatic rings. The molecule has 1 aromatic carbocycles. The summed E-state index contributed by atoms with van der Waals surface area (Å²) in [6.45, 7) is 4.10. The summed E-state index contributed by atoms with van der Waals surface area (Å²) in [5.74, 6) is 1.47. The number of carbonyl (C=O) groups excluding carboxylic acids is 1. The van der Waals surface area contributed by atoms with Gasteiger partial charge in [0, 0.05) is 20.1 Å². The molecule has 0 aliphatic heterocycles. The highest BCUT2D eigenvalue weighted by atomic mass is 16.5. The zero-order valence-electron chi connectivity index (χ0n) is 12.2. The molecule has 1 N–H and O–H groups in total. The zero-order valence-corrected chi connectivity index (χ0v) is 12.2. The summed E-state index contributed by atoms with van der Waals surface area (Å²) >= 11 is 0. The molecule has 0 radical (unpaired) electrons. The molecule has 1 rings (SSSR count).